The second kappa shape index (κ2) is 14.4. The molecule has 48 heavy (non-hydrogen) atoms. The number of esters is 1. The van der Waals surface area contributed by atoms with Gasteiger partial charge in [-0.2, -0.15) is 0 Å². The highest BCUT2D eigenvalue weighted by Crippen LogP contribution is 2.52. The summed E-state index contributed by atoms with van der Waals surface area (Å²) >= 11 is 0. The summed E-state index contributed by atoms with van der Waals surface area (Å²) in [4.78, 5) is 43.6. The zero-order valence-electron chi connectivity index (χ0n) is 28.3. The molecular formula is C39H46N2O7. The number of piperidine rings is 1. The van der Waals surface area contributed by atoms with E-state index in [2.05, 4.69) is 5.32 Å². The first-order valence-electron chi connectivity index (χ1n) is 17.0. The molecule has 1 saturated heterocycles. The molecule has 2 amide bonds. The molecule has 254 valence electrons. The van der Waals surface area contributed by atoms with E-state index >= 15 is 0 Å². The lowest BCUT2D eigenvalue weighted by Gasteiger charge is -2.52. The highest BCUT2D eigenvalue weighted by Gasteiger charge is 2.60. The normalized spacial score (nSPS) is 24.2. The molecule has 0 radical (unpaired) electrons. The number of fused-ring (bicyclic) bond motifs is 2. The first kappa shape index (κ1) is 33.5. The second-order valence-electron chi connectivity index (χ2n) is 13.3. The summed E-state index contributed by atoms with van der Waals surface area (Å²) in [5, 5.41) is 5.21. The Balaban J connectivity index is 1.30. The maximum absolute atomic E-state index is 14.5. The Morgan fingerprint density at radius 1 is 0.979 bits per heavy atom. The van der Waals surface area contributed by atoms with Crippen LogP contribution in [0.25, 0.3) is 10.8 Å². The van der Waals surface area contributed by atoms with E-state index in [1.54, 1.807) is 19.1 Å². The molecule has 0 bridgehead atoms. The second-order valence-corrected chi connectivity index (χ2v) is 13.3. The van der Waals surface area contributed by atoms with Gasteiger partial charge in [0.15, 0.2) is 11.5 Å². The van der Waals surface area contributed by atoms with E-state index in [0.29, 0.717) is 42.6 Å². The number of carbonyl (C=O) groups is 3. The van der Waals surface area contributed by atoms with Crippen LogP contribution in [0.4, 0.5) is 0 Å². The number of hydrogen-bond donors (Lipinski definition) is 1. The van der Waals surface area contributed by atoms with Crippen molar-refractivity contribution in [3.05, 3.63) is 83.6 Å². The van der Waals surface area contributed by atoms with Gasteiger partial charge in [0.2, 0.25) is 11.8 Å². The van der Waals surface area contributed by atoms with Gasteiger partial charge in [-0.05, 0) is 78.6 Å². The molecule has 0 unspecified atom stereocenters. The van der Waals surface area contributed by atoms with Crippen molar-refractivity contribution in [1.29, 1.82) is 0 Å². The van der Waals surface area contributed by atoms with Crippen molar-refractivity contribution in [3.63, 3.8) is 0 Å². The van der Waals surface area contributed by atoms with Gasteiger partial charge in [-0.25, -0.2) is 0 Å². The van der Waals surface area contributed by atoms with Crippen molar-refractivity contribution < 1.29 is 33.3 Å². The molecule has 6 rings (SSSR count). The highest BCUT2D eigenvalue weighted by atomic mass is 16.5. The van der Waals surface area contributed by atoms with Crippen LogP contribution in [0.15, 0.2) is 72.4 Å². The monoisotopic (exact) mass is 654 g/mol. The Kier molecular flexibility index (Phi) is 10.1. The minimum atomic E-state index is -1.23. The molecule has 2 heterocycles. The zero-order chi connectivity index (χ0) is 33.8. The van der Waals surface area contributed by atoms with Crippen LogP contribution >= 0.6 is 0 Å². The molecule has 3 aromatic carbocycles. The number of rotatable bonds is 11. The molecule has 4 atom stereocenters. The third kappa shape index (κ3) is 6.40. The van der Waals surface area contributed by atoms with Crippen LogP contribution in [0.3, 0.4) is 0 Å². The van der Waals surface area contributed by atoms with Crippen LogP contribution in [0.2, 0.25) is 0 Å². The lowest BCUT2D eigenvalue weighted by molar-refractivity contribution is -0.177. The number of amides is 2. The summed E-state index contributed by atoms with van der Waals surface area (Å²) in [6.07, 6.45) is 6.22. The minimum Gasteiger partial charge on any atom is -0.493 e. The molecule has 9 nitrogen and oxygen atoms in total. The van der Waals surface area contributed by atoms with Gasteiger partial charge < -0.3 is 29.2 Å². The zero-order valence-corrected chi connectivity index (χ0v) is 28.3. The number of likely N-dealkylation sites (tertiary alicyclic amines) is 1. The van der Waals surface area contributed by atoms with Crippen molar-refractivity contribution in [1.82, 2.24) is 10.2 Å². The van der Waals surface area contributed by atoms with E-state index in [0.717, 1.165) is 47.6 Å². The van der Waals surface area contributed by atoms with Crippen LogP contribution in [0.5, 0.6) is 11.5 Å². The van der Waals surface area contributed by atoms with Gasteiger partial charge in [-0.3, -0.25) is 14.4 Å². The largest absolute Gasteiger partial charge is 0.493 e. The van der Waals surface area contributed by atoms with E-state index in [1.165, 1.54) is 7.11 Å². The molecule has 2 fully saturated rings. The molecule has 3 aromatic rings. The third-order valence-electron chi connectivity index (χ3n) is 10.6. The first-order chi connectivity index (χ1) is 23.3. The molecular weight excluding hydrogens is 608 g/mol. The minimum absolute atomic E-state index is 0.0543. The number of nitrogens with one attached hydrogen (secondary N) is 1. The van der Waals surface area contributed by atoms with E-state index in [9.17, 15) is 14.4 Å². The predicted octanol–water partition coefficient (Wildman–Crippen LogP) is 5.98. The third-order valence-corrected chi connectivity index (χ3v) is 10.6. The van der Waals surface area contributed by atoms with Gasteiger partial charge in [0.25, 0.3) is 0 Å². The van der Waals surface area contributed by atoms with Gasteiger partial charge >= 0.3 is 5.97 Å². The standard InChI is InChI=1S/C39H46N2O7/c1-25-39(38(44)47-4)23-30(21-36(42)40-24-29-14-9-13-27-10-7-8-15-31(27)29)37(43)41(35(39)22-33(48-25)28-11-5-6-12-28)19-18-26-16-17-32(45-2)34(20-26)46-3/h7-10,13-17,20,22,25,28,30,33H,5-6,11-12,18-19,21,23-24H2,1-4H3,(H,40,42)/t25-,30+,33-,39+/m1/s1. The average molecular weight is 655 g/mol. The van der Waals surface area contributed by atoms with Gasteiger partial charge in [-0.1, -0.05) is 61.4 Å². The average Bonchev–Trinajstić information content (AvgIpc) is 3.66. The summed E-state index contributed by atoms with van der Waals surface area (Å²) in [5.74, 6) is -0.0532. The van der Waals surface area contributed by atoms with Crippen LogP contribution in [-0.4, -0.2) is 62.8 Å². The Labute approximate surface area is 282 Å². The van der Waals surface area contributed by atoms with Crippen LogP contribution in [0, 0.1) is 17.3 Å². The topological polar surface area (TPSA) is 103 Å². The van der Waals surface area contributed by atoms with Crippen molar-refractivity contribution >= 4 is 28.6 Å². The number of nitrogens with zero attached hydrogens (tertiary/aromatic N) is 1. The number of methoxy groups -OCH3 is 3. The summed E-state index contributed by atoms with van der Waals surface area (Å²) in [6, 6.07) is 19.8. The number of carbonyl (C=O) groups excluding carboxylic acids is 3. The molecule has 0 spiro atoms. The summed E-state index contributed by atoms with van der Waals surface area (Å²) < 4.78 is 23.0. The number of benzene rings is 3. The maximum atomic E-state index is 14.5. The number of hydrogen-bond acceptors (Lipinski definition) is 7. The SMILES string of the molecule is COC(=O)[C@]12C[C@H](CC(=O)NCc3cccc4ccccc34)C(=O)N(CCc3ccc(OC)c(OC)c3)C1=C[C@H](C1CCCC1)O[C@@H]2C. The van der Waals surface area contributed by atoms with Crippen LogP contribution in [-0.2, 0) is 36.8 Å². The van der Waals surface area contributed by atoms with Crippen molar-refractivity contribution in [2.75, 3.05) is 27.9 Å². The van der Waals surface area contributed by atoms with E-state index in [1.807, 2.05) is 73.7 Å². The summed E-state index contributed by atoms with van der Waals surface area (Å²) in [6.45, 7) is 2.56. The first-order valence-corrected chi connectivity index (χ1v) is 17.0. The van der Waals surface area contributed by atoms with E-state index in [-0.39, 0.29) is 30.8 Å². The Hall–Kier alpha value is -4.37. The van der Waals surface area contributed by atoms with Gasteiger partial charge in [-0.15, -0.1) is 0 Å². The van der Waals surface area contributed by atoms with E-state index < -0.39 is 23.4 Å². The molecule has 1 saturated carbocycles. The molecule has 0 aromatic heterocycles. The molecule has 9 heteroatoms. The van der Waals surface area contributed by atoms with Crippen molar-refractivity contribution in [2.24, 2.45) is 17.3 Å². The lowest BCUT2D eigenvalue weighted by atomic mass is 9.66. The van der Waals surface area contributed by atoms with Crippen molar-refractivity contribution in [3.8, 4) is 11.5 Å². The number of ether oxygens (including phenoxy) is 4. The quantitative estimate of drug-likeness (QED) is 0.254. The van der Waals surface area contributed by atoms with Crippen LogP contribution < -0.4 is 14.8 Å². The Bertz CT molecular complexity index is 1690. The fourth-order valence-corrected chi connectivity index (χ4v) is 7.99. The fraction of sp³-hybridized carbons (Fsp3) is 0.462. The summed E-state index contributed by atoms with van der Waals surface area (Å²) in [7, 11) is 4.56. The maximum Gasteiger partial charge on any atom is 0.320 e. The Morgan fingerprint density at radius 2 is 1.73 bits per heavy atom. The predicted molar refractivity (Wildman–Crippen MR) is 182 cm³/mol. The van der Waals surface area contributed by atoms with Gasteiger partial charge in [0.05, 0.1) is 33.5 Å². The van der Waals surface area contributed by atoms with Crippen molar-refractivity contribution in [2.45, 2.75) is 70.6 Å². The molecule has 1 N–H and O–H groups in total. The molecule has 1 aliphatic carbocycles. The molecule has 3 aliphatic rings. The lowest BCUT2D eigenvalue weighted by Crippen LogP contribution is -2.61. The highest BCUT2D eigenvalue weighted by molar-refractivity contribution is 5.93. The summed E-state index contributed by atoms with van der Waals surface area (Å²) in [5.41, 5.74) is 1.36. The van der Waals surface area contributed by atoms with Gasteiger partial charge in [0, 0.05) is 31.1 Å². The molecule has 2 aliphatic heterocycles. The Morgan fingerprint density at radius 3 is 2.48 bits per heavy atom. The van der Waals surface area contributed by atoms with Crippen LogP contribution in [0.1, 0.15) is 56.6 Å². The van der Waals surface area contributed by atoms with Gasteiger partial charge in [0.1, 0.15) is 5.41 Å². The van der Waals surface area contributed by atoms with E-state index in [4.69, 9.17) is 18.9 Å². The fourth-order valence-electron chi connectivity index (χ4n) is 7.99. The smallest absolute Gasteiger partial charge is 0.320 e.